The molecule has 0 aromatic rings. The van der Waals surface area contributed by atoms with Crippen molar-refractivity contribution in [2.24, 2.45) is 5.73 Å². The molecule has 0 fully saturated rings. The average Bonchev–Trinajstić information content (AvgIpc) is 2.13. The van der Waals surface area contributed by atoms with E-state index in [0.717, 1.165) is 32.4 Å². The van der Waals surface area contributed by atoms with E-state index >= 15 is 0 Å². The lowest BCUT2D eigenvalue weighted by Crippen LogP contribution is -2.43. The van der Waals surface area contributed by atoms with Gasteiger partial charge in [0.05, 0.1) is 6.04 Å². The number of carbonyl (C=O) groups is 1. The van der Waals surface area contributed by atoms with Crippen LogP contribution in [0.2, 0.25) is 0 Å². The minimum Gasteiger partial charge on any atom is -0.342 e. The van der Waals surface area contributed by atoms with Crippen molar-refractivity contribution < 1.29 is 4.79 Å². The molecular formula is C10H22N2O. The van der Waals surface area contributed by atoms with Crippen molar-refractivity contribution in [1.82, 2.24) is 4.90 Å². The van der Waals surface area contributed by atoms with Crippen molar-refractivity contribution in [2.75, 3.05) is 13.1 Å². The third-order valence-corrected chi connectivity index (χ3v) is 2.10. The van der Waals surface area contributed by atoms with Crippen LogP contribution in [0.1, 0.15) is 40.0 Å². The summed E-state index contributed by atoms with van der Waals surface area (Å²) in [5, 5.41) is 0. The van der Waals surface area contributed by atoms with Gasteiger partial charge < -0.3 is 10.6 Å². The van der Waals surface area contributed by atoms with E-state index < -0.39 is 0 Å². The van der Waals surface area contributed by atoms with Crippen LogP contribution in [0.25, 0.3) is 0 Å². The monoisotopic (exact) mass is 186 g/mol. The zero-order chi connectivity index (χ0) is 10.3. The molecule has 0 bridgehead atoms. The van der Waals surface area contributed by atoms with Crippen LogP contribution in [0.15, 0.2) is 0 Å². The quantitative estimate of drug-likeness (QED) is 0.681. The summed E-state index contributed by atoms with van der Waals surface area (Å²) in [5.74, 6) is 0.103. The van der Waals surface area contributed by atoms with E-state index in [9.17, 15) is 4.79 Å². The van der Waals surface area contributed by atoms with Crippen LogP contribution < -0.4 is 5.73 Å². The number of rotatable bonds is 6. The lowest BCUT2D eigenvalue weighted by atomic mass is 10.1. The molecule has 0 saturated heterocycles. The van der Waals surface area contributed by atoms with Gasteiger partial charge in [0.2, 0.25) is 5.91 Å². The lowest BCUT2D eigenvalue weighted by Gasteiger charge is -2.23. The van der Waals surface area contributed by atoms with Gasteiger partial charge in [0.15, 0.2) is 0 Å². The number of hydrogen-bond donors (Lipinski definition) is 1. The highest BCUT2D eigenvalue weighted by Crippen LogP contribution is 2.00. The van der Waals surface area contributed by atoms with E-state index in [1.54, 1.807) is 0 Å². The second-order valence-electron chi connectivity index (χ2n) is 3.31. The molecule has 0 saturated carbocycles. The Morgan fingerprint density at radius 2 is 1.92 bits per heavy atom. The first-order valence-electron chi connectivity index (χ1n) is 5.21. The summed E-state index contributed by atoms with van der Waals surface area (Å²) in [6, 6.07) is -0.295. The molecular weight excluding hydrogens is 164 g/mol. The fourth-order valence-electron chi connectivity index (χ4n) is 1.36. The van der Waals surface area contributed by atoms with Gasteiger partial charge in [-0.15, -0.1) is 0 Å². The molecule has 3 heteroatoms. The number of hydrogen-bond acceptors (Lipinski definition) is 2. The first-order chi connectivity index (χ1) is 6.17. The molecule has 0 aromatic heterocycles. The predicted octanol–water partition coefficient (Wildman–Crippen LogP) is 1.37. The van der Waals surface area contributed by atoms with Gasteiger partial charge >= 0.3 is 0 Å². The van der Waals surface area contributed by atoms with Gasteiger partial charge in [0.1, 0.15) is 0 Å². The van der Waals surface area contributed by atoms with Crippen LogP contribution >= 0.6 is 0 Å². The summed E-state index contributed by atoms with van der Waals surface area (Å²) in [7, 11) is 0. The van der Waals surface area contributed by atoms with Crippen molar-refractivity contribution in [1.29, 1.82) is 0 Å². The Labute approximate surface area is 81.3 Å². The standard InChI is InChI=1S/C10H22N2O/c1-4-7-9(11)10(13)12(6-3)8-5-2/h9H,4-8,11H2,1-3H3. The van der Waals surface area contributed by atoms with Crippen LogP contribution in [0.4, 0.5) is 0 Å². The molecule has 0 radical (unpaired) electrons. The van der Waals surface area contributed by atoms with Gasteiger partial charge in [0.25, 0.3) is 0 Å². The molecule has 0 spiro atoms. The summed E-state index contributed by atoms with van der Waals surface area (Å²) < 4.78 is 0. The summed E-state index contributed by atoms with van der Waals surface area (Å²) in [4.78, 5) is 13.5. The number of carbonyl (C=O) groups excluding carboxylic acids is 1. The molecule has 0 aromatic carbocycles. The van der Waals surface area contributed by atoms with Gasteiger partial charge in [0, 0.05) is 13.1 Å². The number of amides is 1. The molecule has 0 aliphatic carbocycles. The van der Waals surface area contributed by atoms with Crippen molar-refractivity contribution in [3.63, 3.8) is 0 Å². The number of nitrogens with two attached hydrogens (primary N) is 1. The van der Waals surface area contributed by atoms with Crippen LogP contribution in [0.3, 0.4) is 0 Å². The molecule has 1 unspecified atom stereocenters. The largest absolute Gasteiger partial charge is 0.342 e. The average molecular weight is 186 g/mol. The number of nitrogens with zero attached hydrogens (tertiary/aromatic N) is 1. The van der Waals surface area contributed by atoms with E-state index in [-0.39, 0.29) is 11.9 Å². The van der Waals surface area contributed by atoms with Crippen LogP contribution in [-0.4, -0.2) is 29.9 Å². The summed E-state index contributed by atoms with van der Waals surface area (Å²) in [6.45, 7) is 7.70. The predicted molar refractivity (Wildman–Crippen MR) is 55.4 cm³/mol. The third kappa shape index (κ3) is 4.27. The SMILES string of the molecule is CCCC(N)C(=O)N(CC)CCC. The van der Waals surface area contributed by atoms with Crippen molar-refractivity contribution >= 4 is 5.91 Å². The Kier molecular flexibility index (Phi) is 6.59. The minimum atomic E-state index is -0.295. The molecule has 2 N–H and O–H groups in total. The Morgan fingerprint density at radius 1 is 1.31 bits per heavy atom. The minimum absolute atomic E-state index is 0.103. The van der Waals surface area contributed by atoms with Gasteiger partial charge in [-0.25, -0.2) is 0 Å². The van der Waals surface area contributed by atoms with Gasteiger partial charge in [-0.05, 0) is 19.8 Å². The fourth-order valence-corrected chi connectivity index (χ4v) is 1.36. The topological polar surface area (TPSA) is 46.3 Å². The Balaban J connectivity index is 4.02. The van der Waals surface area contributed by atoms with Crippen LogP contribution in [0, 0.1) is 0 Å². The summed E-state index contributed by atoms with van der Waals surface area (Å²) >= 11 is 0. The van der Waals surface area contributed by atoms with Crippen LogP contribution in [-0.2, 0) is 4.79 Å². The first kappa shape index (κ1) is 12.4. The first-order valence-corrected chi connectivity index (χ1v) is 5.21. The highest BCUT2D eigenvalue weighted by Gasteiger charge is 2.17. The molecule has 1 atom stereocenters. The van der Waals surface area contributed by atoms with Crippen molar-refractivity contribution in [2.45, 2.75) is 46.1 Å². The molecule has 0 heterocycles. The maximum atomic E-state index is 11.7. The molecule has 78 valence electrons. The summed E-state index contributed by atoms with van der Waals surface area (Å²) in [6.07, 6.45) is 2.76. The highest BCUT2D eigenvalue weighted by molar-refractivity contribution is 5.81. The molecule has 0 aliphatic rings. The van der Waals surface area contributed by atoms with Crippen molar-refractivity contribution in [3.05, 3.63) is 0 Å². The normalized spacial score (nSPS) is 12.6. The smallest absolute Gasteiger partial charge is 0.239 e. The summed E-state index contributed by atoms with van der Waals surface area (Å²) in [5.41, 5.74) is 5.74. The maximum absolute atomic E-state index is 11.7. The zero-order valence-electron chi connectivity index (χ0n) is 9.05. The lowest BCUT2D eigenvalue weighted by molar-refractivity contribution is -0.132. The van der Waals surface area contributed by atoms with E-state index in [2.05, 4.69) is 6.92 Å². The van der Waals surface area contributed by atoms with E-state index in [0.29, 0.717) is 0 Å². The molecule has 0 aliphatic heterocycles. The van der Waals surface area contributed by atoms with Gasteiger partial charge in [-0.2, -0.15) is 0 Å². The second-order valence-corrected chi connectivity index (χ2v) is 3.31. The van der Waals surface area contributed by atoms with Crippen LogP contribution in [0.5, 0.6) is 0 Å². The van der Waals surface area contributed by atoms with E-state index in [1.165, 1.54) is 0 Å². The maximum Gasteiger partial charge on any atom is 0.239 e. The van der Waals surface area contributed by atoms with Crippen molar-refractivity contribution in [3.8, 4) is 0 Å². The second kappa shape index (κ2) is 6.89. The van der Waals surface area contributed by atoms with Gasteiger partial charge in [-0.3, -0.25) is 4.79 Å². The number of likely N-dealkylation sites (N-methyl/N-ethyl adjacent to an activating group) is 1. The molecule has 13 heavy (non-hydrogen) atoms. The Hall–Kier alpha value is -0.570. The van der Waals surface area contributed by atoms with E-state index in [4.69, 9.17) is 5.73 Å². The molecule has 0 rings (SSSR count). The zero-order valence-corrected chi connectivity index (χ0v) is 9.05. The van der Waals surface area contributed by atoms with E-state index in [1.807, 2.05) is 18.7 Å². The third-order valence-electron chi connectivity index (χ3n) is 2.10. The fraction of sp³-hybridized carbons (Fsp3) is 0.900. The Bertz CT molecular complexity index is 148. The highest BCUT2D eigenvalue weighted by atomic mass is 16.2. The molecule has 3 nitrogen and oxygen atoms in total. The molecule has 1 amide bonds. The van der Waals surface area contributed by atoms with Gasteiger partial charge in [-0.1, -0.05) is 20.3 Å². The Morgan fingerprint density at radius 3 is 2.31 bits per heavy atom.